The molecule has 0 radical (unpaired) electrons. The van der Waals surface area contributed by atoms with Gasteiger partial charge in [-0.3, -0.25) is 4.90 Å². The molecule has 2 saturated heterocycles. The first-order valence-corrected chi connectivity index (χ1v) is 12.3. The van der Waals surface area contributed by atoms with Gasteiger partial charge in [0.2, 0.25) is 10.0 Å². The fraction of sp³-hybridized carbons (Fsp3) is 0.478. The van der Waals surface area contributed by atoms with Crippen LogP contribution in [0, 0.1) is 5.82 Å². The van der Waals surface area contributed by atoms with Crippen LogP contribution in [0.25, 0.3) is 11.1 Å². The summed E-state index contributed by atoms with van der Waals surface area (Å²) in [5.74, 6) is -0.100. The Morgan fingerprint density at radius 1 is 1.07 bits per heavy atom. The summed E-state index contributed by atoms with van der Waals surface area (Å²) in [4.78, 5) is 2.26. The molecular formula is C23H29FN2O3S. The Kier molecular flexibility index (Phi) is 6.25. The van der Waals surface area contributed by atoms with Crippen LogP contribution in [0.1, 0.15) is 31.2 Å². The van der Waals surface area contributed by atoms with Crippen LogP contribution in [-0.4, -0.2) is 66.8 Å². The van der Waals surface area contributed by atoms with E-state index in [4.69, 9.17) is 0 Å². The molecule has 2 fully saturated rings. The number of hydrogen-bond donors (Lipinski definition) is 1. The molecule has 0 unspecified atom stereocenters. The zero-order valence-electron chi connectivity index (χ0n) is 17.2. The highest BCUT2D eigenvalue weighted by atomic mass is 32.2. The predicted octanol–water partition coefficient (Wildman–Crippen LogP) is 3.07. The van der Waals surface area contributed by atoms with Gasteiger partial charge >= 0.3 is 0 Å². The van der Waals surface area contributed by atoms with Gasteiger partial charge in [0.05, 0.1) is 12.4 Å². The highest BCUT2D eigenvalue weighted by Gasteiger charge is 2.50. The molecule has 5 nitrogen and oxygen atoms in total. The summed E-state index contributed by atoms with van der Waals surface area (Å²) in [5, 5.41) is 10.0. The van der Waals surface area contributed by atoms with Crippen molar-refractivity contribution >= 4 is 10.0 Å². The van der Waals surface area contributed by atoms with E-state index in [9.17, 15) is 17.9 Å². The number of sulfonamides is 1. The van der Waals surface area contributed by atoms with E-state index in [-0.39, 0.29) is 36.2 Å². The van der Waals surface area contributed by atoms with E-state index in [1.165, 1.54) is 6.07 Å². The van der Waals surface area contributed by atoms with Gasteiger partial charge in [0, 0.05) is 36.7 Å². The third-order valence-corrected chi connectivity index (χ3v) is 8.42. The smallest absolute Gasteiger partial charge is 0.213 e. The van der Waals surface area contributed by atoms with Crippen LogP contribution in [0.15, 0.2) is 48.5 Å². The summed E-state index contributed by atoms with van der Waals surface area (Å²) in [6.07, 6.45) is 1.75. The number of nitrogens with zero attached hydrogens (tertiary/aromatic N) is 2. The number of fused-ring (bicyclic) bond motifs is 1. The molecule has 7 heteroatoms. The van der Waals surface area contributed by atoms with Crippen molar-refractivity contribution in [3.05, 3.63) is 59.9 Å². The molecule has 1 N–H and O–H groups in total. The third-order valence-electron chi connectivity index (χ3n) is 6.57. The Morgan fingerprint density at radius 2 is 1.77 bits per heavy atom. The molecule has 0 bridgehead atoms. The van der Waals surface area contributed by atoms with Gasteiger partial charge in [0.15, 0.2) is 0 Å². The van der Waals surface area contributed by atoms with E-state index in [0.29, 0.717) is 18.7 Å². The van der Waals surface area contributed by atoms with Crippen molar-refractivity contribution in [1.82, 2.24) is 9.21 Å². The summed E-state index contributed by atoms with van der Waals surface area (Å²) in [6.45, 7) is 3.61. The SMILES string of the molecule is CCS(=O)(=O)N1CCCCN2[C@H](C1)[C@H](c1ccc(-c3ccccc3F)cc1)[C@@H]2CO. The van der Waals surface area contributed by atoms with E-state index in [0.717, 1.165) is 30.5 Å². The van der Waals surface area contributed by atoms with Gasteiger partial charge in [0.25, 0.3) is 0 Å². The van der Waals surface area contributed by atoms with Crippen LogP contribution in [0.5, 0.6) is 0 Å². The largest absolute Gasteiger partial charge is 0.395 e. The Hall–Kier alpha value is -1.80. The predicted molar refractivity (Wildman–Crippen MR) is 116 cm³/mol. The second kappa shape index (κ2) is 8.75. The average Bonchev–Trinajstić information content (AvgIpc) is 2.73. The maximum Gasteiger partial charge on any atom is 0.213 e. The lowest BCUT2D eigenvalue weighted by atomic mass is 9.74. The first-order chi connectivity index (χ1) is 14.5. The molecular weight excluding hydrogens is 403 g/mol. The lowest BCUT2D eigenvalue weighted by Gasteiger charge is -2.57. The van der Waals surface area contributed by atoms with E-state index in [1.807, 2.05) is 30.3 Å². The molecule has 0 aromatic heterocycles. The topological polar surface area (TPSA) is 60.9 Å². The van der Waals surface area contributed by atoms with Crippen molar-refractivity contribution in [2.24, 2.45) is 0 Å². The number of rotatable bonds is 5. The van der Waals surface area contributed by atoms with Crippen LogP contribution in [-0.2, 0) is 10.0 Å². The molecule has 0 saturated carbocycles. The maximum atomic E-state index is 14.1. The van der Waals surface area contributed by atoms with Crippen LogP contribution < -0.4 is 0 Å². The van der Waals surface area contributed by atoms with Crippen molar-refractivity contribution in [1.29, 1.82) is 0 Å². The molecule has 4 rings (SSSR count). The lowest BCUT2D eigenvalue weighted by molar-refractivity contribution is -0.0553. The molecule has 3 atom stereocenters. The number of hydrogen-bond acceptors (Lipinski definition) is 4. The van der Waals surface area contributed by atoms with Gasteiger partial charge in [-0.1, -0.05) is 42.5 Å². The fourth-order valence-corrected chi connectivity index (χ4v) is 6.08. The van der Waals surface area contributed by atoms with Gasteiger partial charge in [-0.15, -0.1) is 0 Å². The minimum atomic E-state index is -3.26. The first-order valence-electron chi connectivity index (χ1n) is 10.7. The Balaban J connectivity index is 1.61. The second-order valence-corrected chi connectivity index (χ2v) is 10.4. The molecule has 0 amide bonds. The standard InChI is InChI=1S/C23H29FN2O3S/c1-2-30(28,29)25-13-5-6-14-26-21(15-25)23(22(26)16-27)18-11-9-17(10-12-18)19-7-3-4-8-20(19)24/h3-4,7-12,21-23,27H,2,5-6,13-16H2,1H3/t21-,22+,23+/m1/s1. The monoisotopic (exact) mass is 432 g/mol. The summed E-state index contributed by atoms with van der Waals surface area (Å²) < 4.78 is 40.8. The maximum absolute atomic E-state index is 14.1. The van der Waals surface area contributed by atoms with Gasteiger partial charge < -0.3 is 5.11 Å². The van der Waals surface area contributed by atoms with E-state index >= 15 is 0 Å². The molecule has 0 spiro atoms. The number of aliphatic hydroxyl groups excluding tert-OH is 1. The highest BCUT2D eigenvalue weighted by molar-refractivity contribution is 7.89. The zero-order valence-corrected chi connectivity index (χ0v) is 18.1. The molecule has 2 aliphatic rings. The van der Waals surface area contributed by atoms with Crippen LogP contribution in [0.2, 0.25) is 0 Å². The van der Waals surface area contributed by atoms with Gasteiger partial charge in [-0.2, -0.15) is 0 Å². The quantitative estimate of drug-likeness (QED) is 0.789. The molecule has 2 aromatic rings. The van der Waals surface area contributed by atoms with E-state index in [1.54, 1.807) is 23.4 Å². The zero-order chi connectivity index (χ0) is 21.3. The van der Waals surface area contributed by atoms with Crippen LogP contribution in [0.3, 0.4) is 0 Å². The number of benzene rings is 2. The Morgan fingerprint density at radius 3 is 2.43 bits per heavy atom. The average molecular weight is 433 g/mol. The molecule has 2 heterocycles. The molecule has 0 aliphatic carbocycles. The molecule has 30 heavy (non-hydrogen) atoms. The second-order valence-electron chi connectivity index (χ2n) is 8.15. The Bertz CT molecular complexity index is 980. The summed E-state index contributed by atoms with van der Waals surface area (Å²) in [7, 11) is -3.26. The normalized spacial score (nSPS) is 25.8. The fourth-order valence-electron chi connectivity index (χ4n) is 4.92. The minimum absolute atomic E-state index is 0.0152. The van der Waals surface area contributed by atoms with Crippen LogP contribution in [0.4, 0.5) is 4.39 Å². The van der Waals surface area contributed by atoms with Crippen molar-refractivity contribution in [3.63, 3.8) is 0 Å². The summed E-state index contributed by atoms with van der Waals surface area (Å²) in [5.41, 5.74) is 2.43. The van der Waals surface area contributed by atoms with Gasteiger partial charge in [-0.05, 0) is 43.5 Å². The van der Waals surface area contributed by atoms with Crippen molar-refractivity contribution in [3.8, 4) is 11.1 Å². The van der Waals surface area contributed by atoms with E-state index in [2.05, 4.69) is 4.90 Å². The van der Waals surface area contributed by atoms with Crippen LogP contribution >= 0.6 is 0 Å². The first kappa shape index (κ1) is 21.4. The van der Waals surface area contributed by atoms with Crippen molar-refractivity contribution in [2.45, 2.75) is 37.8 Å². The van der Waals surface area contributed by atoms with Gasteiger partial charge in [-0.25, -0.2) is 17.1 Å². The molecule has 2 aliphatic heterocycles. The minimum Gasteiger partial charge on any atom is -0.395 e. The highest BCUT2D eigenvalue weighted by Crippen LogP contribution is 2.42. The Labute approximate surface area is 178 Å². The summed E-state index contributed by atoms with van der Waals surface area (Å²) in [6, 6.07) is 14.5. The number of halogens is 1. The number of aliphatic hydroxyl groups is 1. The molecule has 2 aromatic carbocycles. The summed E-state index contributed by atoms with van der Waals surface area (Å²) >= 11 is 0. The van der Waals surface area contributed by atoms with Crippen molar-refractivity contribution in [2.75, 3.05) is 32.0 Å². The molecule has 162 valence electrons. The van der Waals surface area contributed by atoms with Crippen molar-refractivity contribution < 1.29 is 17.9 Å². The third kappa shape index (κ3) is 3.91. The van der Waals surface area contributed by atoms with E-state index < -0.39 is 10.0 Å². The van der Waals surface area contributed by atoms with Gasteiger partial charge in [0.1, 0.15) is 5.82 Å². The lowest BCUT2D eigenvalue weighted by Crippen LogP contribution is -2.67.